The van der Waals surface area contributed by atoms with E-state index in [1.54, 1.807) is 6.20 Å². The predicted molar refractivity (Wildman–Crippen MR) is 79.8 cm³/mol. The van der Waals surface area contributed by atoms with Crippen LogP contribution < -0.4 is 10.6 Å². The van der Waals surface area contributed by atoms with Gasteiger partial charge in [-0.3, -0.25) is 5.41 Å². The van der Waals surface area contributed by atoms with Gasteiger partial charge in [0.1, 0.15) is 11.7 Å². The zero-order chi connectivity index (χ0) is 14.0. The second-order valence-corrected chi connectivity index (χ2v) is 5.68. The van der Waals surface area contributed by atoms with Crippen LogP contribution in [0.5, 0.6) is 0 Å². The van der Waals surface area contributed by atoms with Crippen LogP contribution in [0.25, 0.3) is 0 Å². The normalized spacial score (nSPS) is 23.1. The summed E-state index contributed by atoms with van der Waals surface area (Å²) in [6, 6.07) is 2.42. The lowest BCUT2D eigenvalue weighted by Crippen LogP contribution is -2.40. The molecule has 1 fully saturated rings. The molecule has 2 rings (SSSR count). The lowest BCUT2D eigenvalue weighted by Gasteiger charge is -2.37. The average Bonchev–Trinajstić information content (AvgIpc) is 2.37. The molecule has 104 valence electrons. The summed E-state index contributed by atoms with van der Waals surface area (Å²) in [7, 11) is 2.08. The van der Waals surface area contributed by atoms with Crippen molar-refractivity contribution in [3.05, 3.63) is 23.4 Å². The maximum Gasteiger partial charge on any atom is 0.139 e. The van der Waals surface area contributed by atoms with Crippen molar-refractivity contribution in [3.63, 3.8) is 0 Å². The number of nitrogens with one attached hydrogen (secondary N) is 1. The minimum Gasteiger partial charge on any atom is -0.384 e. The molecule has 1 saturated carbocycles. The van der Waals surface area contributed by atoms with Gasteiger partial charge in [-0.05, 0) is 37.3 Å². The molecule has 0 amide bonds. The Morgan fingerprint density at radius 1 is 1.42 bits per heavy atom. The highest BCUT2D eigenvalue weighted by Crippen LogP contribution is 2.31. The molecule has 0 saturated heterocycles. The van der Waals surface area contributed by atoms with Crippen LogP contribution >= 0.6 is 0 Å². The number of anilines is 1. The van der Waals surface area contributed by atoms with E-state index in [4.69, 9.17) is 11.1 Å². The van der Waals surface area contributed by atoms with Crippen LogP contribution in [0.1, 0.15) is 43.7 Å². The Morgan fingerprint density at radius 3 is 2.74 bits per heavy atom. The Hall–Kier alpha value is -1.58. The van der Waals surface area contributed by atoms with Gasteiger partial charge in [-0.15, -0.1) is 0 Å². The van der Waals surface area contributed by atoms with Crippen molar-refractivity contribution in [1.29, 1.82) is 5.41 Å². The van der Waals surface area contributed by atoms with Gasteiger partial charge in [0.25, 0.3) is 0 Å². The van der Waals surface area contributed by atoms with Gasteiger partial charge in [-0.1, -0.05) is 19.8 Å². The molecule has 1 aromatic rings. The Labute approximate surface area is 115 Å². The third-order valence-corrected chi connectivity index (χ3v) is 4.31. The number of rotatable bonds is 3. The van der Waals surface area contributed by atoms with Crippen molar-refractivity contribution in [2.75, 3.05) is 11.9 Å². The molecule has 1 heterocycles. The first-order chi connectivity index (χ1) is 9.02. The van der Waals surface area contributed by atoms with Crippen molar-refractivity contribution in [1.82, 2.24) is 4.98 Å². The van der Waals surface area contributed by atoms with E-state index >= 15 is 0 Å². The molecular weight excluding hydrogens is 236 g/mol. The van der Waals surface area contributed by atoms with E-state index in [0.717, 1.165) is 16.9 Å². The summed E-state index contributed by atoms with van der Waals surface area (Å²) >= 11 is 0. The van der Waals surface area contributed by atoms with E-state index < -0.39 is 0 Å². The summed E-state index contributed by atoms with van der Waals surface area (Å²) in [6.07, 6.45) is 6.88. The van der Waals surface area contributed by atoms with E-state index in [1.807, 2.05) is 13.0 Å². The molecule has 0 bridgehead atoms. The summed E-state index contributed by atoms with van der Waals surface area (Å²) in [6.45, 7) is 4.30. The maximum atomic E-state index is 7.79. The van der Waals surface area contributed by atoms with Gasteiger partial charge in [-0.25, -0.2) is 4.98 Å². The van der Waals surface area contributed by atoms with Crippen LogP contribution in [0.3, 0.4) is 0 Å². The quantitative estimate of drug-likeness (QED) is 0.648. The summed E-state index contributed by atoms with van der Waals surface area (Å²) in [4.78, 5) is 6.71. The van der Waals surface area contributed by atoms with Gasteiger partial charge in [0.2, 0.25) is 0 Å². The molecule has 1 aromatic heterocycles. The molecule has 3 N–H and O–H groups in total. The second-order valence-electron chi connectivity index (χ2n) is 5.68. The zero-order valence-electron chi connectivity index (χ0n) is 12.1. The van der Waals surface area contributed by atoms with Crippen LogP contribution in [-0.2, 0) is 0 Å². The van der Waals surface area contributed by atoms with Crippen molar-refractivity contribution in [2.45, 2.75) is 45.6 Å². The molecule has 1 aliphatic carbocycles. The first-order valence-corrected chi connectivity index (χ1v) is 7.05. The van der Waals surface area contributed by atoms with Crippen LogP contribution in [-0.4, -0.2) is 23.9 Å². The van der Waals surface area contributed by atoms with Crippen molar-refractivity contribution in [3.8, 4) is 0 Å². The molecule has 4 nitrogen and oxygen atoms in total. The van der Waals surface area contributed by atoms with E-state index in [1.165, 1.54) is 25.7 Å². The van der Waals surface area contributed by atoms with Crippen LogP contribution in [0.4, 0.5) is 5.82 Å². The maximum absolute atomic E-state index is 7.79. The highest BCUT2D eigenvalue weighted by molar-refractivity contribution is 6.01. The minimum atomic E-state index is 0.107. The van der Waals surface area contributed by atoms with Gasteiger partial charge in [0.15, 0.2) is 0 Å². The predicted octanol–water partition coefficient (Wildman–Crippen LogP) is 2.69. The number of nitrogens with zero attached hydrogens (tertiary/aromatic N) is 2. The van der Waals surface area contributed by atoms with Crippen molar-refractivity contribution in [2.24, 2.45) is 11.7 Å². The van der Waals surface area contributed by atoms with Gasteiger partial charge < -0.3 is 10.6 Å². The molecule has 1 aliphatic rings. The van der Waals surface area contributed by atoms with Crippen molar-refractivity contribution >= 4 is 11.7 Å². The molecule has 0 spiro atoms. The number of hydrogen-bond acceptors (Lipinski definition) is 3. The number of aromatic nitrogens is 1. The Kier molecular flexibility index (Phi) is 4.08. The molecule has 2 atom stereocenters. The number of pyridine rings is 1. The zero-order valence-corrected chi connectivity index (χ0v) is 12.1. The molecule has 2 unspecified atom stereocenters. The molecule has 0 aromatic carbocycles. The first-order valence-electron chi connectivity index (χ1n) is 7.05. The summed E-state index contributed by atoms with van der Waals surface area (Å²) in [5, 5.41) is 7.79. The lowest BCUT2D eigenvalue weighted by atomic mass is 9.85. The Bertz CT molecular complexity index is 469. The molecule has 0 aliphatic heterocycles. The molecular formula is C15H24N4. The number of amidine groups is 1. The van der Waals surface area contributed by atoms with E-state index in [9.17, 15) is 0 Å². The Morgan fingerprint density at radius 2 is 2.11 bits per heavy atom. The third kappa shape index (κ3) is 2.72. The summed E-state index contributed by atoms with van der Waals surface area (Å²) in [5.74, 6) is 1.63. The summed E-state index contributed by atoms with van der Waals surface area (Å²) < 4.78 is 0. The molecule has 19 heavy (non-hydrogen) atoms. The second kappa shape index (κ2) is 5.59. The lowest BCUT2D eigenvalue weighted by molar-refractivity contribution is 0.320. The average molecular weight is 260 g/mol. The molecule has 4 heteroatoms. The number of nitrogens with two attached hydrogens (primary N) is 1. The van der Waals surface area contributed by atoms with Crippen LogP contribution in [0, 0.1) is 18.3 Å². The standard InChI is InChI=1S/C15H24N4/c1-10-6-4-5-7-12(10)19(3)15-13(14(16)17)11(2)8-9-18-15/h8-10,12H,4-7H2,1-3H3,(H3,16,17). The monoisotopic (exact) mass is 260 g/mol. The highest BCUT2D eigenvalue weighted by atomic mass is 15.2. The van der Waals surface area contributed by atoms with Gasteiger partial charge in [0, 0.05) is 19.3 Å². The fourth-order valence-electron chi connectivity index (χ4n) is 3.17. The van der Waals surface area contributed by atoms with Gasteiger partial charge in [-0.2, -0.15) is 0 Å². The number of hydrogen-bond donors (Lipinski definition) is 2. The van der Waals surface area contributed by atoms with E-state index in [-0.39, 0.29) is 5.84 Å². The first kappa shape index (κ1) is 13.8. The summed E-state index contributed by atoms with van der Waals surface area (Å²) in [5.41, 5.74) is 7.54. The fourth-order valence-corrected chi connectivity index (χ4v) is 3.17. The fraction of sp³-hybridized carbons (Fsp3) is 0.600. The Balaban J connectivity index is 2.35. The smallest absolute Gasteiger partial charge is 0.139 e. The highest BCUT2D eigenvalue weighted by Gasteiger charge is 2.27. The van der Waals surface area contributed by atoms with E-state index in [2.05, 4.69) is 23.9 Å². The topological polar surface area (TPSA) is 66.0 Å². The van der Waals surface area contributed by atoms with Crippen LogP contribution in [0.15, 0.2) is 12.3 Å². The van der Waals surface area contributed by atoms with Crippen molar-refractivity contribution < 1.29 is 0 Å². The minimum absolute atomic E-state index is 0.107. The third-order valence-electron chi connectivity index (χ3n) is 4.31. The van der Waals surface area contributed by atoms with E-state index in [0.29, 0.717) is 12.0 Å². The van der Waals surface area contributed by atoms with Gasteiger partial charge >= 0.3 is 0 Å². The molecule has 0 radical (unpaired) electrons. The van der Waals surface area contributed by atoms with Crippen LogP contribution in [0.2, 0.25) is 0 Å². The number of aryl methyl sites for hydroxylation is 1. The largest absolute Gasteiger partial charge is 0.384 e. The SMILES string of the molecule is Cc1ccnc(N(C)C2CCCCC2C)c1C(=N)N. The van der Waals surface area contributed by atoms with Gasteiger partial charge in [0.05, 0.1) is 5.56 Å². The number of nitrogen functional groups attached to an aromatic ring is 1.